The molecule has 0 amide bonds. The number of nitrogens with zero attached hydrogens (tertiary/aromatic N) is 3. The summed E-state index contributed by atoms with van der Waals surface area (Å²) in [6.07, 6.45) is 8.09. The standard InChI is InChI=1S/C17H31N5.HI/c1-16-7-5-12-22(15-16)13-6-8-19-17(18-2)20-9-14-21-10-3-4-11-21;/h3-4,10-11,16H,5-9,12-15H2,1-2H3,(H2,18,19,20);1H. The second kappa shape index (κ2) is 11.7. The summed E-state index contributed by atoms with van der Waals surface area (Å²) in [5.41, 5.74) is 0. The Hall–Kier alpha value is -0.760. The van der Waals surface area contributed by atoms with Crippen molar-refractivity contribution in [1.82, 2.24) is 20.1 Å². The van der Waals surface area contributed by atoms with Gasteiger partial charge in [0.1, 0.15) is 0 Å². The first kappa shape index (κ1) is 20.3. The van der Waals surface area contributed by atoms with Gasteiger partial charge >= 0.3 is 0 Å². The molecular weight excluding hydrogens is 401 g/mol. The van der Waals surface area contributed by atoms with E-state index in [1.807, 2.05) is 7.05 Å². The molecule has 1 saturated heterocycles. The number of guanidine groups is 1. The van der Waals surface area contributed by atoms with Gasteiger partial charge in [0, 0.05) is 45.6 Å². The maximum absolute atomic E-state index is 4.27. The minimum Gasteiger partial charge on any atom is -0.356 e. The van der Waals surface area contributed by atoms with Crippen molar-refractivity contribution in [3.8, 4) is 0 Å². The maximum Gasteiger partial charge on any atom is 0.191 e. The summed E-state index contributed by atoms with van der Waals surface area (Å²) in [5, 5.41) is 6.76. The van der Waals surface area contributed by atoms with E-state index in [0.717, 1.165) is 31.5 Å². The number of piperidine rings is 1. The van der Waals surface area contributed by atoms with Gasteiger partial charge in [0.25, 0.3) is 0 Å². The number of nitrogens with one attached hydrogen (secondary N) is 2. The SMILES string of the molecule is CN=C(NCCCN1CCCC(C)C1)NCCn1cccc1.I. The minimum atomic E-state index is 0. The number of aliphatic imine (C=N–C) groups is 1. The molecule has 1 fully saturated rings. The molecule has 0 aliphatic carbocycles. The lowest BCUT2D eigenvalue weighted by Crippen LogP contribution is -2.41. The number of likely N-dealkylation sites (tertiary alicyclic amines) is 1. The van der Waals surface area contributed by atoms with Crippen molar-refractivity contribution in [2.24, 2.45) is 10.9 Å². The van der Waals surface area contributed by atoms with E-state index >= 15 is 0 Å². The number of halogens is 1. The molecule has 0 radical (unpaired) electrons. The number of rotatable bonds is 7. The molecule has 6 heteroatoms. The van der Waals surface area contributed by atoms with Gasteiger partial charge in [-0.3, -0.25) is 4.99 Å². The highest BCUT2D eigenvalue weighted by atomic mass is 127. The molecule has 2 rings (SSSR count). The van der Waals surface area contributed by atoms with Gasteiger partial charge in [0.05, 0.1) is 0 Å². The van der Waals surface area contributed by atoms with Gasteiger partial charge < -0.3 is 20.1 Å². The van der Waals surface area contributed by atoms with E-state index in [2.05, 4.69) is 56.5 Å². The summed E-state index contributed by atoms with van der Waals surface area (Å²) in [7, 11) is 1.83. The topological polar surface area (TPSA) is 44.6 Å². The fourth-order valence-electron chi connectivity index (χ4n) is 3.04. The van der Waals surface area contributed by atoms with Gasteiger partial charge in [-0.1, -0.05) is 6.92 Å². The van der Waals surface area contributed by atoms with Crippen LogP contribution in [0.25, 0.3) is 0 Å². The first-order valence-corrected chi connectivity index (χ1v) is 8.55. The molecule has 1 aliphatic rings. The van der Waals surface area contributed by atoms with Crippen LogP contribution in [0.1, 0.15) is 26.2 Å². The predicted octanol–water partition coefficient (Wildman–Crippen LogP) is 2.39. The van der Waals surface area contributed by atoms with Crippen LogP contribution in [0, 0.1) is 5.92 Å². The average Bonchev–Trinajstić information content (AvgIpc) is 3.03. The lowest BCUT2D eigenvalue weighted by Gasteiger charge is -2.30. The van der Waals surface area contributed by atoms with E-state index in [1.165, 1.54) is 38.9 Å². The van der Waals surface area contributed by atoms with E-state index in [4.69, 9.17) is 0 Å². The molecule has 1 unspecified atom stereocenters. The van der Waals surface area contributed by atoms with Gasteiger partial charge in [-0.05, 0) is 50.4 Å². The first-order valence-electron chi connectivity index (χ1n) is 8.55. The van der Waals surface area contributed by atoms with Crippen molar-refractivity contribution < 1.29 is 0 Å². The van der Waals surface area contributed by atoms with Crippen LogP contribution in [-0.2, 0) is 6.54 Å². The Bertz CT molecular complexity index is 432. The van der Waals surface area contributed by atoms with E-state index in [-0.39, 0.29) is 24.0 Å². The lowest BCUT2D eigenvalue weighted by molar-refractivity contribution is 0.182. The Labute approximate surface area is 157 Å². The summed E-state index contributed by atoms with van der Waals surface area (Å²) in [6.45, 7) is 8.92. The van der Waals surface area contributed by atoms with Crippen LogP contribution in [0.5, 0.6) is 0 Å². The van der Waals surface area contributed by atoms with Crippen molar-refractivity contribution in [3.63, 3.8) is 0 Å². The summed E-state index contributed by atoms with van der Waals surface area (Å²) in [6, 6.07) is 4.10. The van der Waals surface area contributed by atoms with Crippen molar-refractivity contribution in [2.45, 2.75) is 32.7 Å². The van der Waals surface area contributed by atoms with Gasteiger partial charge in [-0.2, -0.15) is 0 Å². The molecule has 0 bridgehead atoms. The van der Waals surface area contributed by atoms with E-state index in [0.29, 0.717) is 0 Å². The molecule has 1 aromatic heterocycles. The zero-order valence-electron chi connectivity index (χ0n) is 14.5. The Morgan fingerprint density at radius 2 is 1.91 bits per heavy atom. The molecule has 1 aliphatic heterocycles. The number of aromatic nitrogens is 1. The van der Waals surface area contributed by atoms with Gasteiger partial charge in [-0.15, -0.1) is 24.0 Å². The van der Waals surface area contributed by atoms with Crippen LogP contribution in [0.15, 0.2) is 29.5 Å². The van der Waals surface area contributed by atoms with Gasteiger partial charge in [0.15, 0.2) is 5.96 Å². The number of hydrogen-bond donors (Lipinski definition) is 2. The zero-order valence-corrected chi connectivity index (χ0v) is 16.8. The third-order valence-corrected chi connectivity index (χ3v) is 4.24. The first-order chi connectivity index (χ1) is 10.8. The van der Waals surface area contributed by atoms with E-state index in [1.54, 1.807) is 0 Å². The summed E-state index contributed by atoms with van der Waals surface area (Å²) < 4.78 is 2.16. The largest absolute Gasteiger partial charge is 0.356 e. The summed E-state index contributed by atoms with van der Waals surface area (Å²) in [5.74, 6) is 1.77. The predicted molar refractivity (Wildman–Crippen MR) is 109 cm³/mol. The molecule has 0 spiro atoms. The fourth-order valence-corrected chi connectivity index (χ4v) is 3.04. The third-order valence-electron chi connectivity index (χ3n) is 4.24. The van der Waals surface area contributed by atoms with Crippen LogP contribution in [0.4, 0.5) is 0 Å². The lowest BCUT2D eigenvalue weighted by atomic mass is 10.0. The second-order valence-electron chi connectivity index (χ2n) is 6.25. The average molecular weight is 433 g/mol. The molecule has 132 valence electrons. The van der Waals surface area contributed by atoms with Gasteiger partial charge in [-0.25, -0.2) is 0 Å². The molecule has 2 N–H and O–H groups in total. The molecule has 23 heavy (non-hydrogen) atoms. The van der Waals surface area contributed by atoms with E-state index < -0.39 is 0 Å². The van der Waals surface area contributed by atoms with E-state index in [9.17, 15) is 0 Å². The van der Waals surface area contributed by atoms with Crippen LogP contribution in [0.2, 0.25) is 0 Å². The monoisotopic (exact) mass is 433 g/mol. The van der Waals surface area contributed by atoms with Gasteiger partial charge in [0.2, 0.25) is 0 Å². The normalized spacial score (nSPS) is 19.2. The van der Waals surface area contributed by atoms with Crippen molar-refractivity contribution in [2.75, 3.05) is 39.8 Å². The quantitative estimate of drug-likeness (QED) is 0.301. The Morgan fingerprint density at radius 1 is 1.17 bits per heavy atom. The Kier molecular flexibility index (Phi) is 10.3. The molecule has 1 aromatic rings. The third kappa shape index (κ3) is 8.06. The number of hydrogen-bond acceptors (Lipinski definition) is 2. The summed E-state index contributed by atoms with van der Waals surface area (Å²) in [4.78, 5) is 6.87. The van der Waals surface area contributed by atoms with Crippen molar-refractivity contribution in [1.29, 1.82) is 0 Å². The molecule has 0 aromatic carbocycles. The van der Waals surface area contributed by atoms with Crippen molar-refractivity contribution >= 4 is 29.9 Å². The zero-order chi connectivity index (χ0) is 15.6. The van der Waals surface area contributed by atoms with Crippen LogP contribution in [-0.4, -0.2) is 55.2 Å². The minimum absolute atomic E-state index is 0. The van der Waals surface area contributed by atoms with Crippen molar-refractivity contribution in [3.05, 3.63) is 24.5 Å². The molecule has 2 heterocycles. The Morgan fingerprint density at radius 3 is 2.61 bits per heavy atom. The highest BCUT2D eigenvalue weighted by Crippen LogP contribution is 2.15. The summed E-state index contributed by atoms with van der Waals surface area (Å²) >= 11 is 0. The molecular formula is C17H32IN5. The molecule has 1 atom stereocenters. The van der Waals surface area contributed by atoms with Crippen LogP contribution >= 0.6 is 24.0 Å². The highest BCUT2D eigenvalue weighted by Gasteiger charge is 2.15. The highest BCUT2D eigenvalue weighted by molar-refractivity contribution is 14.0. The Balaban J connectivity index is 0.00000264. The maximum atomic E-state index is 4.27. The fraction of sp³-hybridized carbons (Fsp3) is 0.706. The second-order valence-corrected chi connectivity index (χ2v) is 6.25. The van der Waals surface area contributed by atoms with Crippen LogP contribution in [0.3, 0.4) is 0 Å². The smallest absolute Gasteiger partial charge is 0.191 e. The molecule has 0 saturated carbocycles. The molecule has 5 nitrogen and oxygen atoms in total. The van der Waals surface area contributed by atoms with Crippen LogP contribution < -0.4 is 10.6 Å².